The van der Waals surface area contributed by atoms with Gasteiger partial charge in [0, 0.05) is 0 Å². The fraction of sp³-hybridized carbons (Fsp3) is 0.500. The molecule has 0 amide bonds. The van der Waals surface area contributed by atoms with E-state index >= 15 is 0 Å². The number of hydrogen-bond donors (Lipinski definition) is 0. The second kappa shape index (κ2) is 5.48. The van der Waals surface area contributed by atoms with E-state index in [2.05, 4.69) is 11.0 Å². The molecule has 1 aromatic heterocycles. The Labute approximate surface area is 127 Å². The van der Waals surface area contributed by atoms with Gasteiger partial charge in [0.15, 0.2) is 0 Å². The van der Waals surface area contributed by atoms with E-state index in [0.29, 0.717) is 14.5 Å². The van der Waals surface area contributed by atoms with Crippen molar-refractivity contribution in [3.05, 3.63) is 21.0 Å². The first kappa shape index (κ1) is 12.9. The van der Waals surface area contributed by atoms with E-state index < -0.39 is 0 Å². The SMILES string of the molecule is S=C(CC1CS1)c1cc[se]c1C(=S)CC1CS1. The van der Waals surface area contributed by atoms with Crippen LogP contribution >= 0.6 is 48.0 Å². The minimum absolute atomic E-state index is 0.437. The summed E-state index contributed by atoms with van der Waals surface area (Å²) in [5.74, 6) is 2.59. The van der Waals surface area contributed by atoms with Gasteiger partial charge in [-0.1, -0.05) is 0 Å². The van der Waals surface area contributed by atoms with Crippen molar-refractivity contribution in [3.8, 4) is 0 Å². The van der Waals surface area contributed by atoms with E-state index in [0.717, 1.165) is 28.2 Å². The molecule has 3 rings (SSSR count). The van der Waals surface area contributed by atoms with Crippen molar-refractivity contribution in [1.29, 1.82) is 0 Å². The Balaban J connectivity index is 1.72. The molecule has 1 aromatic rings. The van der Waals surface area contributed by atoms with Crippen molar-refractivity contribution in [2.24, 2.45) is 0 Å². The maximum absolute atomic E-state index is 5.60. The second-order valence-corrected chi connectivity index (χ2v) is 9.90. The van der Waals surface area contributed by atoms with Gasteiger partial charge < -0.3 is 0 Å². The van der Waals surface area contributed by atoms with E-state index in [1.54, 1.807) is 0 Å². The molecule has 0 aliphatic carbocycles. The predicted octanol–water partition coefficient (Wildman–Crippen LogP) is 3.19. The van der Waals surface area contributed by atoms with E-state index in [1.807, 2.05) is 23.5 Å². The van der Waals surface area contributed by atoms with Crippen molar-refractivity contribution in [2.75, 3.05) is 11.5 Å². The predicted molar refractivity (Wildman–Crippen MR) is 88.5 cm³/mol. The molecule has 17 heavy (non-hydrogen) atoms. The third-order valence-corrected chi connectivity index (χ3v) is 7.89. The van der Waals surface area contributed by atoms with Crippen LogP contribution in [-0.4, -0.2) is 46.2 Å². The quantitative estimate of drug-likeness (QED) is 0.329. The van der Waals surface area contributed by atoms with Crippen LogP contribution in [0, 0.1) is 0 Å². The fourth-order valence-electron chi connectivity index (χ4n) is 1.73. The number of thioether (sulfide) groups is 2. The van der Waals surface area contributed by atoms with Gasteiger partial charge in [0.05, 0.1) is 0 Å². The molecule has 2 unspecified atom stereocenters. The molecule has 2 atom stereocenters. The van der Waals surface area contributed by atoms with Crippen LogP contribution in [0.2, 0.25) is 0 Å². The van der Waals surface area contributed by atoms with Gasteiger partial charge in [-0.3, -0.25) is 0 Å². The van der Waals surface area contributed by atoms with Gasteiger partial charge in [-0.25, -0.2) is 0 Å². The molecule has 3 heterocycles. The molecule has 0 aromatic carbocycles. The van der Waals surface area contributed by atoms with Crippen molar-refractivity contribution < 1.29 is 0 Å². The molecule has 0 nitrogen and oxygen atoms in total. The Kier molecular flexibility index (Phi) is 4.15. The number of thiocarbonyl (C=S) groups is 2. The van der Waals surface area contributed by atoms with Gasteiger partial charge in [-0.15, -0.1) is 0 Å². The molecule has 0 radical (unpaired) electrons. The van der Waals surface area contributed by atoms with Crippen LogP contribution in [0.1, 0.15) is 22.8 Å². The summed E-state index contributed by atoms with van der Waals surface area (Å²) >= 11 is 15.7. The van der Waals surface area contributed by atoms with Crippen LogP contribution < -0.4 is 0 Å². The Hall–Kier alpha value is 0.879. The molecule has 0 saturated carbocycles. The van der Waals surface area contributed by atoms with Gasteiger partial charge >= 0.3 is 128 Å². The summed E-state index contributed by atoms with van der Waals surface area (Å²) < 4.78 is 1.41. The van der Waals surface area contributed by atoms with Gasteiger partial charge in [-0.2, -0.15) is 0 Å². The summed E-state index contributed by atoms with van der Waals surface area (Å²) in [4.78, 5) is 4.61. The molecule has 2 saturated heterocycles. The molecule has 2 aliphatic rings. The number of hydrogen-bond acceptors (Lipinski definition) is 4. The summed E-state index contributed by atoms with van der Waals surface area (Å²) in [5, 5.41) is 1.60. The van der Waals surface area contributed by atoms with Crippen LogP contribution in [-0.2, 0) is 0 Å². The third-order valence-electron chi connectivity index (χ3n) is 2.85. The Bertz CT molecular complexity index is 416. The Morgan fingerprint density at radius 3 is 2.35 bits per heavy atom. The summed E-state index contributed by atoms with van der Waals surface area (Å²) in [6, 6.07) is 2.22. The zero-order valence-corrected chi connectivity index (χ0v) is 14.2. The van der Waals surface area contributed by atoms with Crippen LogP contribution in [0.5, 0.6) is 0 Å². The van der Waals surface area contributed by atoms with E-state index in [1.165, 1.54) is 26.4 Å². The molecule has 2 aliphatic heterocycles. The van der Waals surface area contributed by atoms with Gasteiger partial charge in [0.1, 0.15) is 0 Å². The molecule has 0 bridgehead atoms. The Morgan fingerprint density at radius 1 is 1.18 bits per heavy atom. The molecule has 2 fully saturated rings. The van der Waals surface area contributed by atoms with Gasteiger partial charge in [-0.05, 0) is 0 Å². The normalized spacial score (nSPS) is 25.6. The van der Waals surface area contributed by atoms with Crippen LogP contribution in [0.25, 0.3) is 0 Å². The summed E-state index contributed by atoms with van der Waals surface area (Å²) in [6.07, 6.45) is 2.18. The van der Waals surface area contributed by atoms with Gasteiger partial charge in [0.25, 0.3) is 0 Å². The van der Waals surface area contributed by atoms with E-state index in [4.69, 9.17) is 24.4 Å². The average molecular weight is 363 g/mol. The molecular weight excluding hydrogens is 351 g/mol. The molecule has 0 spiro atoms. The van der Waals surface area contributed by atoms with Crippen LogP contribution in [0.3, 0.4) is 0 Å². The van der Waals surface area contributed by atoms with E-state index in [-0.39, 0.29) is 0 Å². The monoisotopic (exact) mass is 364 g/mol. The number of rotatable bonds is 6. The summed E-state index contributed by atoms with van der Waals surface area (Å²) in [7, 11) is 0. The maximum atomic E-state index is 5.60. The first-order chi connectivity index (χ1) is 8.24. The molecule has 90 valence electrons. The van der Waals surface area contributed by atoms with Crippen LogP contribution in [0.4, 0.5) is 0 Å². The zero-order valence-electron chi connectivity index (χ0n) is 9.18. The van der Waals surface area contributed by atoms with Crippen LogP contribution in [0.15, 0.2) is 11.0 Å². The molecular formula is C12H12S4Se. The minimum atomic E-state index is 0.437. The van der Waals surface area contributed by atoms with Crippen molar-refractivity contribution in [2.45, 2.75) is 23.3 Å². The zero-order chi connectivity index (χ0) is 11.8. The summed E-state index contributed by atoms with van der Waals surface area (Å²) in [6.45, 7) is 0. The first-order valence-electron chi connectivity index (χ1n) is 5.61. The standard InChI is InChI=1S/C12H12S4Se/c13-10(3-7-5-15-7)9-1-2-17-12(9)11(14)4-8-6-16-8/h1-2,7-8H,3-6H2. The first-order valence-corrected chi connectivity index (χ1v) is 10.4. The second-order valence-electron chi connectivity index (χ2n) is 4.33. The topological polar surface area (TPSA) is 0 Å². The molecule has 5 heteroatoms. The van der Waals surface area contributed by atoms with Crippen molar-refractivity contribution >= 4 is 72.2 Å². The Morgan fingerprint density at radius 2 is 1.76 bits per heavy atom. The van der Waals surface area contributed by atoms with Crippen molar-refractivity contribution in [1.82, 2.24) is 0 Å². The van der Waals surface area contributed by atoms with E-state index in [9.17, 15) is 0 Å². The fourth-order valence-corrected chi connectivity index (χ4v) is 5.93. The van der Waals surface area contributed by atoms with Gasteiger partial charge in [0.2, 0.25) is 0 Å². The van der Waals surface area contributed by atoms with Crippen molar-refractivity contribution in [3.63, 3.8) is 0 Å². The summed E-state index contributed by atoms with van der Waals surface area (Å²) in [5.41, 5.74) is 1.31. The average Bonchev–Trinajstić information content (AvgIpc) is 3.21. The third kappa shape index (κ3) is 3.46. The molecule has 0 N–H and O–H groups in total.